The molecular weight excluding hydrogens is 268 g/mol. The first-order valence-corrected chi connectivity index (χ1v) is 6.52. The van der Waals surface area contributed by atoms with E-state index >= 15 is 0 Å². The van der Waals surface area contributed by atoms with Gasteiger partial charge in [-0.15, -0.1) is 10.2 Å². The molecule has 0 unspecified atom stereocenters. The molecule has 0 bridgehead atoms. The van der Waals surface area contributed by atoms with Gasteiger partial charge in [0, 0.05) is 19.4 Å². The zero-order valence-electron chi connectivity index (χ0n) is 12.1. The van der Waals surface area contributed by atoms with E-state index in [2.05, 4.69) is 25.8 Å². The van der Waals surface area contributed by atoms with Crippen LogP contribution in [0.5, 0.6) is 5.75 Å². The predicted molar refractivity (Wildman–Crippen MR) is 81.3 cm³/mol. The molecule has 2 N–H and O–H groups in total. The van der Waals surface area contributed by atoms with Gasteiger partial charge < -0.3 is 15.4 Å². The first-order chi connectivity index (χ1) is 10.2. The smallest absolute Gasteiger partial charge is 0.228 e. The maximum atomic E-state index is 5.39. The van der Waals surface area contributed by atoms with Gasteiger partial charge in [-0.1, -0.05) is 12.1 Å². The number of aryl methyl sites for hydroxylation is 1. The van der Waals surface area contributed by atoms with Crippen molar-refractivity contribution in [1.29, 1.82) is 0 Å². The van der Waals surface area contributed by atoms with Crippen molar-refractivity contribution in [2.45, 2.75) is 6.92 Å². The fourth-order valence-corrected chi connectivity index (χ4v) is 2.17. The molecule has 21 heavy (non-hydrogen) atoms. The average Bonchev–Trinajstić information content (AvgIpc) is 2.93. The number of aromatic nitrogens is 4. The van der Waals surface area contributed by atoms with Crippen LogP contribution < -0.4 is 15.4 Å². The minimum atomic E-state index is 0.624. The highest BCUT2D eigenvalue weighted by Gasteiger charge is 2.12. The lowest BCUT2D eigenvalue weighted by molar-refractivity contribution is 0.416. The molecule has 7 nitrogen and oxygen atoms in total. The molecule has 0 atom stereocenters. The molecule has 3 aromatic rings. The largest absolute Gasteiger partial charge is 0.495 e. The third-order valence-electron chi connectivity index (χ3n) is 3.25. The second-order valence-electron chi connectivity index (χ2n) is 4.52. The highest BCUT2D eigenvalue weighted by atomic mass is 16.5. The zero-order valence-corrected chi connectivity index (χ0v) is 12.1. The van der Waals surface area contributed by atoms with Crippen LogP contribution in [-0.4, -0.2) is 33.7 Å². The van der Waals surface area contributed by atoms with E-state index in [0.717, 1.165) is 17.0 Å². The van der Waals surface area contributed by atoms with Gasteiger partial charge in [-0.05, 0) is 18.6 Å². The third kappa shape index (κ3) is 2.22. The van der Waals surface area contributed by atoms with Crippen molar-refractivity contribution < 1.29 is 4.74 Å². The topological polar surface area (TPSA) is 76.4 Å². The van der Waals surface area contributed by atoms with Crippen molar-refractivity contribution in [2.24, 2.45) is 0 Å². The molecule has 7 heteroatoms. The summed E-state index contributed by atoms with van der Waals surface area (Å²) < 4.78 is 7.22. The summed E-state index contributed by atoms with van der Waals surface area (Å²) >= 11 is 0. The maximum Gasteiger partial charge on any atom is 0.228 e. The van der Waals surface area contributed by atoms with Crippen LogP contribution in [0.3, 0.4) is 0 Å². The number of ether oxygens (including phenoxy) is 1. The molecule has 0 saturated carbocycles. The Bertz CT molecular complexity index is 782. The molecule has 1 aromatic carbocycles. The number of rotatable bonds is 4. The summed E-state index contributed by atoms with van der Waals surface area (Å²) in [5, 5.41) is 14.5. The van der Waals surface area contributed by atoms with Crippen LogP contribution in [0.25, 0.3) is 5.65 Å². The van der Waals surface area contributed by atoms with Gasteiger partial charge in [-0.2, -0.15) is 0 Å². The molecule has 0 amide bonds. The van der Waals surface area contributed by atoms with Crippen LogP contribution in [0.4, 0.5) is 17.5 Å². The van der Waals surface area contributed by atoms with Crippen LogP contribution in [0.1, 0.15) is 5.56 Å². The van der Waals surface area contributed by atoms with E-state index in [9.17, 15) is 0 Å². The van der Waals surface area contributed by atoms with Crippen LogP contribution >= 0.6 is 0 Å². The van der Waals surface area contributed by atoms with Gasteiger partial charge in [0.25, 0.3) is 0 Å². The number of nitrogens with one attached hydrogen (secondary N) is 2. The minimum Gasteiger partial charge on any atom is -0.495 e. The fourth-order valence-electron chi connectivity index (χ4n) is 2.17. The lowest BCUT2D eigenvalue weighted by atomic mass is 10.2. The Morgan fingerprint density at radius 1 is 1.24 bits per heavy atom. The molecule has 108 valence electrons. The van der Waals surface area contributed by atoms with Gasteiger partial charge in [0.2, 0.25) is 11.6 Å². The summed E-state index contributed by atoms with van der Waals surface area (Å²) in [6.07, 6.45) is 3.51. The lowest BCUT2D eigenvalue weighted by Crippen LogP contribution is -2.02. The monoisotopic (exact) mass is 284 g/mol. The van der Waals surface area contributed by atoms with Crippen LogP contribution in [0, 0.1) is 6.92 Å². The number of anilines is 3. The number of nitrogens with zero attached hydrogens (tertiary/aromatic N) is 4. The summed E-state index contributed by atoms with van der Waals surface area (Å²) in [4.78, 5) is 4.35. The molecule has 2 aromatic heterocycles. The molecule has 2 heterocycles. The Morgan fingerprint density at radius 3 is 2.86 bits per heavy atom. The van der Waals surface area contributed by atoms with Crippen molar-refractivity contribution in [2.75, 3.05) is 24.8 Å². The summed E-state index contributed by atoms with van der Waals surface area (Å²) in [5.74, 6) is 2.04. The SMILES string of the molecule is CNc1nnc2c(Nc3c(C)cccc3OC)nccn12. The van der Waals surface area contributed by atoms with Gasteiger partial charge in [-0.3, -0.25) is 4.40 Å². The van der Waals surface area contributed by atoms with Crippen molar-refractivity contribution in [3.05, 3.63) is 36.2 Å². The molecule has 0 aliphatic carbocycles. The highest BCUT2D eigenvalue weighted by molar-refractivity contribution is 5.75. The number of hydrogen-bond donors (Lipinski definition) is 2. The summed E-state index contributed by atoms with van der Waals surface area (Å²) in [7, 11) is 3.44. The van der Waals surface area contributed by atoms with Crippen molar-refractivity contribution in [1.82, 2.24) is 19.6 Å². The molecule has 3 rings (SSSR count). The van der Waals surface area contributed by atoms with E-state index in [1.807, 2.05) is 29.5 Å². The number of methoxy groups -OCH3 is 1. The van der Waals surface area contributed by atoms with Gasteiger partial charge in [0.15, 0.2) is 5.82 Å². The molecule has 0 aliphatic heterocycles. The van der Waals surface area contributed by atoms with Gasteiger partial charge in [0.05, 0.1) is 12.8 Å². The molecule has 0 saturated heterocycles. The summed E-state index contributed by atoms with van der Waals surface area (Å²) in [6.45, 7) is 2.01. The highest BCUT2D eigenvalue weighted by Crippen LogP contribution is 2.31. The number of hydrogen-bond acceptors (Lipinski definition) is 6. The quantitative estimate of drug-likeness (QED) is 0.765. The number of fused-ring (bicyclic) bond motifs is 1. The van der Waals surface area contributed by atoms with Crippen molar-refractivity contribution in [3.8, 4) is 5.75 Å². The van der Waals surface area contributed by atoms with Gasteiger partial charge >= 0.3 is 0 Å². The predicted octanol–water partition coefficient (Wildman–Crippen LogP) is 2.23. The first kappa shape index (κ1) is 13.2. The Labute approximate surface area is 122 Å². The van der Waals surface area contributed by atoms with Gasteiger partial charge in [-0.25, -0.2) is 4.98 Å². The van der Waals surface area contributed by atoms with E-state index in [0.29, 0.717) is 17.4 Å². The normalized spacial score (nSPS) is 10.6. The average molecular weight is 284 g/mol. The van der Waals surface area contributed by atoms with E-state index in [4.69, 9.17) is 4.74 Å². The van der Waals surface area contributed by atoms with Crippen LogP contribution in [-0.2, 0) is 0 Å². The van der Waals surface area contributed by atoms with Gasteiger partial charge in [0.1, 0.15) is 5.75 Å². The second-order valence-corrected chi connectivity index (χ2v) is 4.52. The van der Waals surface area contributed by atoms with E-state index in [1.54, 1.807) is 26.6 Å². The Hall–Kier alpha value is -2.83. The molecular formula is C14H16N6O. The second kappa shape index (κ2) is 5.28. The summed E-state index contributed by atoms with van der Waals surface area (Å²) in [6, 6.07) is 5.86. The Kier molecular flexibility index (Phi) is 3.31. The Morgan fingerprint density at radius 2 is 2.10 bits per heavy atom. The van der Waals surface area contributed by atoms with Crippen LogP contribution in [0.15, 0.2) is 30.6 Å². The first-order valence-electron chi connectivity index (χ1n) is 6.52. The minimum absolute atomic E-state index is 0.624. The van der Waals surface area contributed by atoms with Crippen LogP contribution in [0.2, 0.25) is 0 Å². The standard InChI is InChI=1S/C14H16N6O/c1-9-5-4-6-10(21-3)11(9)17-12-13-18-19-14(15-2)20(13)8-7-16-12/h4-8H,1-3H3,(H,15,19)(H,16,17). The van der Waals surface area contributed by atoms with E-state index < -0.39 is 0 Å². The molecule has 0 radical (unpaired) electrons. The van der Waals surface area contributed by atoms with E-state index in [-0.39, 0.29) is 0 Å². The molecule has 0 spiro atoms. The fraction of sp³-hybridized carbons (Fsp3) is 0.214. The molecule has 0 fully saturated rings. The summed E-state index contributed by atoms with van der Waals surface area (Å²) in [5.41, 5.74) is 2.58. The molecule has 0 aliphatic rings. The van der Waals surface area contributed by atoms with E-state index in [1.165, 1.54) is 0 Å². The Balaban J connectivity index is 2.09. The number of para-hydroxylation sites is 1. The maximum absolute atomic E-state index is 5.39. The lowest BCUT2D eigenvalue weighted by Gasteiger charge is -2.13. The van der Waals surface area contributed by atoms with Crippen molar-refractivity contribution in [3.63, 3.8) is 0 Å². The van der Waals surface area contributed by atoms with Crippen molar-refractivity contribution >= 4 is 23.1 Å². The zero-order chi connectivity index (χ0) is 14.8. The number of benzene rings is 1. The third-order valence-corrected chi connectivity index (χ3v) is 3.25.